The highest BCUT2D eigenvalue weighted by Crippen LogP contribution is 2.25. The zero-order valence-electron chi connectivity index (χ0n) is 16.1. The Labute approximate surface area is 160 Å². The highest BCUT2D eigenvalue weighted by Gasteiger charge is 2.26. The van der Waals surface area contributed by atoms with Gasteiger partial charge in [-0.25, -0.2) is 4.79 Å². The van der Waals surface area contributed by atoms with E-state index in [0.29, 0.717) is 6.61 Å². The third-order valence-corrected chi connectivity index (χ3v) is 5.48. The van der Waals surface area contributed by atoms with Crippen LogP contribution in [0.5, 0.6) is 5.75 Å². The maximum atomic E-state index is 12.7. The van der Waals surface area contributed by atoms with Crippen molar-refractivity contribution in [3.8, 4) is 5.75 Å². The molecule has 0 unspecified atom stereocenters. The second kappa shape index (κ2) is 7.51. The van der Waals surface area contributed by atoms with Crippen LogP contribution in [0.15, 0.2) is 42.5 Å². The number of benzene rings is 2. The van der Waals surface area contributed by atoms with Crippen LogP contribution in [0.1, 0.15) is 16.7 Å². The maximum Gasteiger partial charge on any atom is 0.317 e. The lowest BCUT2D eigenvalue weighted by molar-refractivity contribution is 0.178. The summed E-state index contributed by atoms with van der Waals surface area (Å²) in [7, 11) is 0. The molecular weight excluding hydrogens is 338 g/mol. The van der Waals surface area contributed by atoms with Crippen molar-refractivity contribution in [2.45, 2.75) is 26.3 Å². The predicted octanol–water partition coefficient (Wildman–Crippen LogP) is 3.14. The fraction of sp³-hybridized carbons (Fsp3) is 0.409. The lowest BCUT2D eigenvalue weighted by Gasteiger charge is -2.37. The van der Waals surface area contributed by atoms with Crippen LogP contribution in [0.3, 0.4) is 0 Å². The molecule has 5 heteroatoms. The molecule has 1 N–H and O–H groups in total. The fourth-order valence-corrected chi connectivity index (χ4v) is 3.90. The summed E-state index contributed by atoms with van der Waals surface area (Å²) in [5, 5.41) is 3.15. The number of carbonyl (C=O) groups is 1. The standard InChI is InChI=1S/C22H27N3O2/c1-16-7-8-17(2)20(13-16)24-9-11-25(12-10-24)22(26)23-19-14-18-5-3-4-6-21(18)27-15-19/h3-8,13,19H,9-12,14-15H2,1-2H3,(H,23,26)/t19-/m0/s1. The van der Waals surface area contributed by atoms with Crippen molar-refractivity contribution in [3.05, 3.63) is 59.2 Å². The van der Waals surface area contributed by atoms with Crippen LogP contribution in [0.25, 0.3) is 0 Å². The summed E-state index contributed by atoms with van der Waals surface area (Å²) in [6.07, 6.45) is 0.824. The predicted molar refractivity (Wildman–Crippen MR) is 108 cm³/mol. The van der Waals surface area contributed by atoms with Gasteiger partial charge in [0.1, 0.15) is 12.4 Å². The Morgan fingerprint density at radius 3 is 2.67 bits per heavy atom. The van der Waals surface area contributed by atoms with Gasteiger partial charge >= 0.3 is 6.03 Å². The molecule has 0 spiro atoms. The number of para-hydroxylation sites is 1. The Hall–Kier alpha value is -2.69. The van der Waals surface area contributed by atoms with Gasteiger partial charge in [0.25, 0.3) is 0 Å². The van der Waals surface area contributed by atoms with E-state index in [2.05, 4.69) is 48.3 Å². The van der Waals surface area contributed by atoms with Gasteiger partial charge in [-0.1, -0.05) is 30.3 Å². The van der Waals surface area contributed by atoms with Crippen molar-refractivity contribution < 1.29 is 9.53 Å². The Morgan fingerprint density at radius 1 is 1.07 bits per heavy atom. The number of nitrogens with one attached hydrogen (secondary N) is 1. The zero-order chi connectivity index (χ0) is 18.8. The minimum atomic E-state index is 0.0172. The number of anilines is 1. The topological polar surface area (TPSA) is 44.8 Å². The van der Waals surface area contributed by atoms with E-state index in [1.807, 2.05) is 23.1 Å². The number of hydrogen-bond acceptors (Lipinski definition) is 3. The van der Waals surface area contributed by atoms with E-state index in [9.17, 15) is 4.79 Å². The summed E-state index contributed by atoms with van der Waals surface area (Å²) >= 11 is 0. The summed E-state index contributed by atoms with van der Waals surface area (Å²) in [4.78, 5) is 17.0. The monoisotopic (exact) mass is 365 g/mol. The first-order chi connectivity index (χ1) is 13.1. The number of piperazine rings is 1. The first kappa shape index (κ1) is 17.7. The van der Waals surface area contributed by atoms with Gasteiger partial charge in [-0.3, -0.25) is 0 Å². The maximum absolute atomic E-state index is 12.7. The summed E-state index contributed by atoms with van der Waals surface area (Å²) < 4.78 is 5.78. The number of nitrogens with zero attached hydrogens (tertiary/aromatic N) is 2. The van der Waals surface area contributed by atoms with Gasteiger partial charge in [-0.05, 0) is 49.1 Å². The number of carbonyl (C=O) groups excluding carboxylic acids is 1. The first-order valence-electron chi connectivity index (χ1n) is 9.68. The first-order valence-corrected chi connectivity index (χ1v) is 9.68. The zero-order valence-corrected chi connectivity index (χ0v) is 16.1. The molecule has 0 saturated carbocycles. The summed E-state index contributed by atoms with van der Waals surface area (Å²) in [6.45, 7) is 8.01. The molecule has 0 aromatic heterocycles. The molecule has 1 atom stereocenters. The second-order valence-electron chi connectivity index (χ2n) is 7.53. The molecular formula is C22H27N3O2. The highest BCUT2D eigenvalue weighted by atomic mass is 16.5. The number of amides is 2. The van der Waals surface area contributed by atoms with E-state index in [1.165, 1.54) is 16.8 Å². The van der Waals surface area contributed by atoms with E-state index in [-0.39, 0.29) is 12.1 Å². The molecule has 0 bridgehead atoms. The van der Waals surface area contributed by atoms with Crippen LogP contribution < -0.4 is 15.0 Å². The quantitative estimate of drug-likeness (QED) is 0.889. The van der Waals surface area contributed by atoms with Gasteiger partial charge in [-0.2, -0.15) is 0 Å². The number of urea groups is 1. The number of rotatable bonds is 2. The van der Waals surface area contributed by atoms with Crippen molar-refractivity contribution in [3.63, 3.8) is 0 Å². The number of fused-ring (bicyclic) bond motifs is 1. The summed E-state index contributed by atoms with van der Waals surface area (Å²) in [5.41, 5.74) is 5.01. The van der Waals surface area contributed by atoms with Gasteiger partial charge in [0.2, 0.25) is 0 Å². The Kier molecular flexibility index (Phi) is 4.92. The van der Waals surface area contributed by atoms with Crippen molar-refractivity contribution in [2.24, 2.45) is 0 Å². The van der Waals surface area contributed by atoms with E-state index in [4.69, 9.17) is 4.74 Å². The SMILES string of the molecule is Cc1ccc(C)c(N2CCN(C(=O)N[C@@H]3COc4ccccc4C3)CC2)c1. The van der Waals surface area contributed by atoms with Crippen LogP contribution in [-0.4, -0.2) is 49.8 Å². The van der Waals surface area contributed by atoms with Crippen LogP contribution in [-0.2, 0) is 6.42 Å². The molecule has 2 aromatic carbocycles. The van der Waals surface area contributed by atoms with E-state index >= 15 is 0 Å². The van der Waals surface area contributed by atoms with Gasteiger partial charge < -0.3 is 19.9 Å². The molecule has 1 fully saturated rings. The van der Waals surface area contributed by atoms with Gasteiger partial charge in [0, 0.05) is 31.9 Å². The van der Waals surface area contributed by atoms with Gasteiger partial charge in [0.05, 0.1) is 6.04 Å². The highest BCUT2D eigenvalue weighted by molar-refractivity contribution is 5.75. The molecule has 0 radical (unpaired) electrons. The summed E-state index contributed by atoms with van der Waals surface area (Å²) in [5.74, 6) is 0.935. The van der Waals surface area contributed by atoms with Crippen molar-refractivity contribution in [1.29, 1.82) is 0 Å². The molecule has 5 nitrogen and oxygen atoms in total. The molecule has 2 aliphatic rings. The average Bonchev–Trinajstić information content (AvgIpc) is 2.70. The van der Waals surface area contributed by atoms with E-state index < -0.39 is 0 Å². The van der Waals surface area contributed by atoms with Crippen molar-refractivity contribution in [1.82, 2.24) is 10.2 Å². The average molecular weight is 365 g/mol. The molecule has 2 aliphatic heterocycles. The number of hydrogen-bond donors (Lipinski definition) is 1. The Bertz CT molecular complexity index is 828. The lowest BCUT2D eigenvalue weighted by atomic mass is 10.0. The molecule has 142 valence electrons. The molecule has 2 heterocycles. The van der Waals surface area contributed by atoms with Gasteiger partial charge in [0.15, 0.2) is 0 Å². The van der Waals surface area contributed by atoms with Crippen molar-refractivity contribution in [2.75, 3.05) is 37.7 Å². The van der Waals surface area contributed by atoms with Crippen LogP contribution in [0, 0.1) is 13.8 Å². The smallest absolute Gasteiger partial charge is 0.317 e. The van der Waals surface area contributed by atoms with Gasteiger partial charge in [-0.15, -0.1) is 0 Å². The molecule has 2 aromatic rings. The Balaban J connectivity index is 1.32. The minimum Gasteiger partial charge on any atom is -0.491 e. The normalized spacial score (nSPS) is 19.3. The fourth-order valence-electron chi connectivity index (χ4n) is 3.90. The molecule has 1 saturated heterocycles. The van der Waals surface area contributed by atoms with Crippen LogP contribution in [0.2, 0.25) is 0 Å². The van der Waals surface area contributed by atoms with Crippen LogP contribution in [0.4, 0.5) is 10.5 Å². The molecule has 27 heavy (non-hydrogen) atoms. The minimum absolute atomic E-state index is 0.0172. The third-order valence-electron chi connectivity index (χ3n) is 5.48. The summed E-state index contributed by atoms with van der Waals surface area (Å²) in [6, 6.07) is 14.6. The van der Waals surface area contributed by atoms with E-state index in [1.54, 1.807) is 0 Å². The van der Waals surface area contributed by atoms with Crippen molar-refractivity contribution >= 4 is 11.7 Å². The molecule has 4 rings (SSSR count). The number of ether oxygens (including phenoxy) is 1. The van der Waals surface area contributed by atoms with Crippen LogP contribution >= 0.6 is 0 Å². The Morgan fingerprint density at radius 2 is 1.85 bits per heavy atom. The lowest BCUT2D eigenvalue weighted by Crippen LogP contribution is -2.55. The largest absolute Gasteiger partial charge is 0.491 e. The number of aryl methyl sites for hydroxylation is 2. The molecule has 2 amide bonds. The van der Waals surface area contributed by atoms with E-state index in [0.717, 1.165) is 43.9 Å². The second-order valence-corrected chi connectivity index (χ2v) is 7.53. The third kappa shape index (κ3) is 3.87. The molecule has 0 aliphatic carbocycles.